The van der Waals surface area contributed by atoms with Gasteiger partial charge in [-0.25, -0.2) is 4.98 Å². The SMILES string of the molecule is CCc1ccc(-c2cc(CNC(=O)c3ccc(Oc4ccccc4)nc3)on2)cc1. The second-order valence-corrected chi connectivity index (χ2v) is 6.71. The van der Waals surface area contributed by atoms with Gasteiger partial charge in [0.05, 0.1) is 12.1 Å². The number of nitrogens with one attached hydrogen (secondary N) is 1. The van der Waals surface area contributed by atoms with Crippen molar-refractivity contribution in [1.29, 1.82) is 0 Å². The van der Waals surface area contributed by atoms with Crippen LogP contribution in [-0.4, -0.2) is 16.0 Å². The first-order chi connectivity index (χ1) is 14.7. The molecule has 0 bridgehead atoms. The fourth-order valence-electron chi connectivity index (χ4n) is 2.90. The predicted octanol–water partition coefficient (Wildman–Crippen LogP) is 5.02. The number of para-hydroxylation sites is 1. The Morgan fingerprint density at radius 3 is 2.53 bits per heavy atom. The van der Waals surface area contributed by atoms with Crippen molar-refractivity contribution in [2.24, 2.45) is 0 Å². The number of carbonyl (C=O) groups excluding carboxylic acids is 1. The highest BCUT2D eigenvalue weighted by atomic mass is 16.5. The molecule has 0 aliphatic heterocycles. The largest absolute Gasteiger partial charge is 0.439 e. The van der Waals surface area contributed by atoms with E-state index < -0.39 is 0 Å². The van der Waals surface area contributed by atoms with Crippen molar-refractivity contribution < 1.29 is 14.1 Å². The summed E-state index contributed by atoms with van der Waals surface area (Å²) < 4.78 is 11.0. The molecule has 4 rings (SSSR count). The first kappa shape index (κ1) is 19.4. The summed E-state index contributed by atoms with van der Waals surface area (Å²) in [7, 11) is 0. The van der Waals surface area contributed by atoms with E-state index in [0.29, 0.717) is 23.0 Å². The monoisotopic (exact) mass is 399 g/mol. The van der Waals surface area contributed by atoms with Crippen LogP contribution in [0.2, 0.25) is 0 Å². The topological polar surface area (TPSA) is 77.2 Å². The molecular formula is C24H21N3O3. The van der Waals surface area contributed by atoms with Gasteiger partial charge in [0.15, 0.2) is 5.76 Å². The number of hydrogen-bond acceptors (Lipinski definition) is 5. The van der Waals surface area contributed by atoms with Crippen molar-refractivity contribution >= 4 is 5.91 Å². The number of amides is 1. The van der Waals surface area contributed by atoms with Crippen LogP contribution in [0.4, 0.5) is 0 Å². The molecule has 0 aliphatic carbocycles. The Morgan fingerprint density at radius 1 is 1.03 bits per heavy atom. The summed E-state index contributed by atoms with van der Waals surface area (Å²) >= 11 is 0. The van der Waals surface area contributed by atoms with Gasteiger partial charge in [0.1, 0.15) is 11.4 Å². The van der Waals surface area contributed by atoms with Crippen LogP contribution in [0.3, 0.4) is 0 Å². The van der Waals surface area contributed by atoms with Crippen LogP contribution in [0.25, 0.3) is 11.3 Å². The number of aryl methyl sites for hydroxylation is 1. The summed E-state index contributed by atoms with van der Waals surface area (Å²) in [6, 6.07) is 22.7. The van der Waals surface area contributed by atoms with E-state index in [2.05, 4.69) is 34.5 Å². The zero-order valence-electron chi connectivity index (χ0n) is 16.5. The first-order valence-corrected chi connectivity index (χ1v) is 9.73. The molecule has 2 heterocycles. The van der Waals surface area contributed by atoms with Crippen LogP contribution in [0.5, 0.6) is 11.6 Å². The molecule has 0 unspecified atom stereocenters. The number of rotatable bonds is 7. The quantitative estimate of drug-likeness (QED) is 0.472. The lowest BCUT2D eigenvalue weighted by Crippen LogP contribution is -2.22. The van der Waals surface area contributed by atoms with Crippen molar-refractivity contribution in [2.75, 3.05) is 0 Å². The molecule has 150 valence electrons. The van der Waals surface area contributed by atoms with Gasteiger partial charge in [-0.1, -0.05) is 54.5 Å². The van der Waals surface area contributed by atoms with Crippen molar-refractivity contribution in [3.05, 3.63) is 95.9 Å². The summed E-state index contributed by atoms with van der Waals surface area (Å²) in [5.74, 6) is 1.44. The van der Waals surface area contributed by atoms with Gasteiger partial charge in [-0.2, -0.15) is 0 Å². The number of hydrogen-bond donors (Lipinski definition) is 1. The van der Waals surface area contributed by atoms with Gasteiger partial charge in [0.25, 0.3) is 5.91 Å². The second-order valence-electron chi connectivity index (χ2n) is 6.71. The zero-order chi connectivity index (χ0) is 20.8. The lowest BCUT2D eigenvalue weighted by atomic mass is 10.1. The second kappa shape index (κ2) is 9.05. The Bertz CT molecular complexity index is 1100. The van der Waals surface area contributed by atoms with Crippen LogP contribution < -0.4 is 10.1 Å². The standard InChI is InChI=1S/C24H21N3O3/c1-2-17-8-10-18(11-9-17)22-14-21(30-27-22)16-26-24(28)19-12-13-23(25-15-19)29-20-6-4-3-5-7-20/h3-15H,2,16H2,1H3,(H,26,28). The van der Waals surface area contributed by atoms with E-state index in [1.54, 1.807) is 12.1 Å². The highest BCUT2D eigenvalue weighted by molar-refractivity contribution is 5.93. The molecule has 0 saturated carbocycles. The summed E-state index contributed by atoms with van der Waals surface area (Å²) in [5, 5.41) is 6.90. The van der Waals surface area contributed by atoms with E-state index >= 15 is 0 Å². The fourth-order valence-corrected chi connectivity index (χ4v) is 2.90. The summed E-state index contributed by atoms with van der Waals surface area (Å²) in [6.07, 6.45) is 2.47. The first-order valence-electron chi connectivity index (χ1n) is 9.73. The molecule has 2 aromatic carbocycles. The molecule has 2 aromatic heterocycles. The third-order valence-electron chi connectivity index (χ3n) is 4.60. The summed E-state index contributed by atoms with van der Waals surface area (Å²) in [4.78, 5) is 16.6. The Balaban J connectivity index is 1.33. The van der Waals surface area contributed by atoms with Gasteiger partial charge in [-0.3, -0.25) is 4.79 Å². The maximum atomic E-state index is 12.4. The third-order valence-corrected chi connectivity index (χ3v) is 4.60. The number of ether oxygens (including phenoxy) is 1. The molecule has 0 fully saturated rings. The minimum atomic E-state index is -0.251. The molecule has 0 atom stereocenters. The summed E-state index contributed by atoms with van der Waals surface area (Å²) in [6.45, 7) is 2.35. The predicted molar refractivity (Wildman–Crippen MR) is 113 cm³/mol. The number of pyridine rings is 1. The van der Waals surface area contributed by atoms with Crippen LogP contribution in [0.15, 0.2) is 83.5 Å². The van der Waals surface area contributed by atoms with E-state index in [9.17, 15) is 4.79 Å². The van der Waals surface area contributed by atoms with Crippen molar-refractivity contribution in [3.63, 3.8) is 0 Å². The van der Waals surface area contributed by atoms with Gasteiger partial charge in [0, 0.05) is 23.9 Å². The normalized spacial score (nSPS) is 10.6. The molecule has 0 radical (unpaired) electrons. The lowest BCUT2D eigenvalue weighted by Gasteiger charge is -2.06. The lowest BCUT2D eigenvalue weighted by molar-refractivity contribution is 0.0946. The number of aromatic nitrogens is 2. The molecule has 30 heavy (non-hydrogen) atoms. The maximum absolute atomic E-state index is 12.4. The van der Waals surface area contributed by atoms with Crippen molar-refractivity contribution in [3.8, 4) is 22.9 Å². The van der Waals surface area contributed by atoms with E-state index in [-0.39, 0.29) is 12.5 Å². The van der Waals surface area contributed by atoms with Gasteiger partial charge >= 0.3 is 0 Å². The van der Waals surface area contributed by atoms with Gasteiger partial charge in [-0.15, -0.1) is 0 Å². The Morgan fingerprint density at radius 2 is 1.83 bits per heavy atom. The Labute approximate surface area is 174 Å². The average Bonchev–Trinajstić information content (AvgIpc) is 3.28. The fraction of sp³-hybridized carbons (Fsp3) is 0.125. The minimum absolute atomic E-state index is 0.237. The van der Waals surface area contributed by atoms with Gasteiger partial charge < -0.3 is 14.6 Å². The van der Waals surface area contributed by atoms with Crippen LogP contribution in [0.1, 0.15) is 28.6 Å². The van der Waals surface area contributed by atoms with Gasteiger partial charge in [0.2, 0.25) is 5.88 Å². The van der Waals surface area contributed by atoms with Crippen molar-refractivity contribution in [1.82, 2.24) is 15.5 Å². The van der Waals surface area contributed by atoms with Crippen LogP contribution in [0, 0.1) is 0 Å². The third kappa shape index (κ3) is 4.72. The van der Waals surface area contributed by atoms with E-state index in [0.717, 1.165) is 17.7 Å². The molecule has 0 aliphatic rings. The molecule has 0 saturated heterocycles. The Hall–Kier alpha value is -3.93. The Kier molecular flexibility index (Phi) is 5.85. The molecule has 0 spiro atoms. The average molecular weight is 399 g/mol. The highest BCUT2D eigenvalue weighted by Crippen LogP contribution is 2.21. The number of carbonyl (C=O) groups is 1. The van der Waals surface area contributed by atoms with Gasteiger partial charge in [-0.05, 0) is 30.2 Å². The highest BCUT2D eigenvalue weighted by Gasteiger charge is 2.10. The van der Waals surface area contributed by atoms with E-state index in [1.165, 1.54) is 11.8 Å². The molecular weight excluding hydrogens is 378 g/mol. The number of benzene rings is 2. The zero-order valence-corrected chi connectivity index (χ0v) is 16.5. The molecule has 4 aromatic rings. The van der Waals surface area contributed by atoms with Crippen LogP contribution >= 0.6 is 0 Å². The van der Waals surface area contributed by atoms with Crippen LogP contribution in [-0.2, 0) is 13.0 Å². The molecule has 6 heteroatoms. The van der Waals surface area contributed by atoms with Crippen molar-refractivity contribution in [2.45, 2.75) is 19.9 Å². The molecule has 6 nitrogen and oxygen atoms in total. The minimum Gasteiger partial charge on any atom is -0.439 e. The number of nitrogens with zero attached hydrogens (tertiary/aromatic N) is 2. The molecule has 1 N–H and O–H groups in total. The van der Waals surface area contributed by atoms with E-state index in [1.807, 2.05) is 48.5 Å². The maximum Gasteiger partial charge on any atom is 0.253 e. The molecule has 1 amide bonds. The van der Waals surface area contributed by atoms with E-state index in [4.69, 9.17) is 9.26 Å². The summed E-state index contributed by atoms with van der Waals surface area (Å²) in [5.41, 5.74) is 3.42. The smallest absolute Gasteiger partial charge is 0.253 e.